The molecule has 0 unspecified atom stereocenters. The lowest BCUT2D eigenvalue weighted by Crippen LogP contribution is -2.17. The summed E-state index contributed by atoms with van der Waals surface area (Å²) in [6, 6.07) is 6.13. The van der Waals surface area contributed by atoms with Gasteiger partial charge in [-0.15, -0.1) is 0 Å². The molecule has 1 aliphatic heterocycles. The lowest BCUT2D eigenvalue weighted by Gasteiger charge is -2.11. The molecule has 0 fully saturated rings. The molecule has 4 nitrogen and oxygen atoms in total. The minimum absolute atomic E-state index is 0.288. The van der Waals surface area contributed by atoms with E-state index in [0.717, 1.165) is 42.6 Å². The molecule has 98 valence electrons. The second-order valence-electron chi connectivity index (χ2n) is 4.63. The summed E-state index contributed by atoms with van der Waals surface area (Å²) in [5.41, 5.74) is 2.17. The molecule has 0 spiro atoms. The van der Waals surface area contributed by atoms with Crippen LogP contribution in [0.3, 0.4) is 0 Å². The number of fused-ring (bicyclic) bond motifs is 1. The third kappa shape index (κ3) is 2.36. The van der Waals surface area contributed by atoms with Crippen molar-refractivity contribution in [2.75, 3.05) is 11.9 Å². The van der Waals surface area contributed by atoms with E-state index in [4.69, 9.17) is 0 Å². The molecule has 0 bridgehead atoms. The molecule has 1 aromatic carbocycles. The first kappa shape index (κ1) is 11.9. The fraction of sp³-hybridized carbons (Fsp3) is 0.286. The zero-order valence-corrected chi connectivity index (χ0v) is 10.4. The molecule has 19 heavy (non-hydrogen) atoms. The van der Waals surface area contributed by atoms with Crippen LogP contribution in [-0.2, 0) is 6.42 Å². The molecular weight excluding hydrogens is 245 g/mol. The van der Waals surface area contributed by atoms with Gasteiger partial charge in [-0.3, -0.25) is 0 Å². The van der Waals surface area contributed by atoms with Crippen LogP contribution in [-0.4, -0.2) is 16.5 Å². The molecule has 0 radical (unpaired) electrons. The van der Waals surface area contributed by atoms with E-state index in [1.807, 2.05) is 0 Å². The van der Waals surface area contributed by atoms with Crippen LogP contribution < -0.4 is 11.0 Å². The maximum atomic E-state index is 13.0. The molecular formula is C14H14FN3O. The van der Waals surface area contributed by atoms with Crippen LogP contribution in [0.1, 0.15) is 18.4 Å². The molecule has 0 saturated carbocycles. The summed E-state index contributed by atoms with van der Waals surface area (Å²) in [4.78, 5) is 18.4. The molecule has 2 aromatic rings. The lowest BCUT2D eigenvalue weighted by atomic mass is 10.0. The van der Waals surface area contributed by atoms with Gasteiger partial charge in [0.05, 0.1) is 5.69 Å². The van der Waals surface area contributed by atoms with Crippen molar-refractivity contribution in [3.63, 3.8) is 0 Å². The van der Waals surface area contributed by atoms with Gasteiger partial charge in [-0.25, -0.2) is 9.18 Å². The second kappa shape index (κ2) is 4.84. The number of hydrogen-bond acceptors (Lipinski definition) is 3. The Balaban J connectivity index is 2.17. The number of anilines is 1. The summed E-state index contributed by atoms with van der Waals surface area (Å²) in [7, 11) is 0. The Bertz CT molecular complexity index is 649. The third-order valence-electron chi connectivity index (χ3n) is 3.31. The maximum Gasteiger partial charge on any atom is 0.347 e. The van der Waals surface area contributed by atoms with E-state index in [1.54, 1.807) is 12.1 Å². The predicted octanol–water partition coefficient (Wildman–Crippen LogP) is 2.32. The van der Waals surface area contributed by atoms with Gasteiger partial charge in [0.15, 0.2) is 0 Å². The Hall–Kier alpha value is -2.17. The van der Waals surface area contributed by atoms with E-state index < -0.39 is 0 Å². The molecule has 3 rings (SSSR count). The highest BCUT2D eigenvalue weighted by Crippen LogP contribution is 2.27. The molecule has 1 aliphatic rings. The van der Waals surface area contributed by atoms with Gasteiger partial charge in [0.1, 0.15) is 11.6 Å². The smallest absolute Gasteiger partial charge is 0.347 e. The quantitative estimate of drug-likeness (QED) is 0.826. The Morgan fingerprint density at radius 3 is 2.74 bits per heavy atom. The number of aromatic nitrogens is 2. The highest BCUT2D eigenvalue weighted by Gasteiger charge is 2.15. The summed E-state index contributed by atoms with van der Waals surface area (Å²) < 4.78 is 13.0. The topological polar surface area (TPSA) is 57.8 Å². The van der Waals surface area contributed by atoms with E-state index in [-0.39, 0.29) is 11.5 Å². The van der Waals surface area contributed by atoms with Crippen LogP contribution >= 0.6 is 0 Å². The minimum Gasteiger partial charge on any atom is -0.370 e. The second-order valence-corrected chi connectivity index (χ2v) is 4.63. The van der Waals surface area contributed by atoms with Crippen molar-refractivity contribution >= 4 is 5.82 Å². The Labute approximate surface area is 109 Å². The van der Waals surface area contributed by atoms with Crippen LogP contribution in [0, 0.1) is 5.82 Å². The van der Waals surface area contributed by atoms with Crippen LogP contribution in [0.2, 0.25) is 0 Å². The van der Waals surface area contributed by atoms with Crippen molar-refractivity contribution in [3.8, 4) is 11.3 Å². The number of rotatable bonds is 1. The largest absolute Gasteiger partial charge is 0.370 e. The van der Waals surface area contributed by atoms with Gasteiger partial charge in [0.25, 0.3) is 0 Å². The van der Waals surface area contributed by atoms with Crippen molar-refractivity contribution in [1.29, 1.82) is 0 Å². The Morgan fingerprint density at radius 1 is 1.16 bits per heavy atom. The highest BCUT2D eigenvalue weighted by molar-refractivity contribution is 5.68. The fourth-order valence-electron chi connectivity index (χ4n) is 2.38. The molecule has 1 aromatic heterocycles. The van der Waals surface area contributed by atoms with Gasteiger partial charge in [-0.05, 0) is 49.1 Å². The van der Waals surface area contributed by atoms with Crippen molar-refractivity contribution in [2.45, 2.75) is 19.3 Å². The lowest BCUT2D eigenvalue weighted by molar-refractivity contribution is 0.628. The molecule has 0 aliphatic carbocycles. The standard InChI is InChI=1S/C14H14FN3O/c15-10-6-4-9(5-7-10)12-11-3-1-2-8-16-13(11)18-14(19)17-12/h4-7H,1-3,8H2,(H2,16,17,18,19). The Kier molecular flexibility index (Phi) is 3.03. The van der Waals surface area contributed by atoms with Crippen molar-refractivity contribution in [2.24, 2.45) is 0 Å². The molecule has 0 saturated heterocycles. The highest BCUT2D eigenvalue weighted by atomic mass is 19.1. The number of halogens is 1. The fourth-order valence-corrected chi connectivity index (χ4v) is 2.38. The van der Waals surface area contributed by atoms with Crippen LogP contribution in [0.25, 0.3) is 11.3 Å². The number of hydrogen-bond donors (Lipinski definition) is 2. The van der Waals surface area contributed by atoms with Crippen LogP contribution in [0.4, 0.5) is 10.2 Å². The van der Waals surface area contributed by atoms with Crippen molar-refractivity contribution in [3.05, 3.63) is 46.1 Å². The number of nitrogens with zero attached hydrogens (tertiary/aromatic N) is 1. The maximum absolute atomic E-state index is 13.0. The summed E-state index contributed by atoms with van der Waals surface area (Å²) in [5, 5.41) is 3.18. The third-order valence-corrected chi connectivity index (χ3v) is 3.31. The van der Waals surface area contributed by atoms with E-state index in [0.29, 0.717) is 5.82 Å². The van der Waals surface area contributed by atoms with E-state index in [2.05, 4.69) is 15.3 Å². The molecule has 2 N–H and O–H groups in total. The molecule has 0 amide bonds. The van der Waals surface area contributed by atoms with Gasteiger partial charge in [-0.1, -0.05) is 0 Å². The summed E-state index contributed by atoms with van der Waals surface area (Å²) >= 11 is 0. The van der Waals surface area contributed by atoms with Gasteiger partial charge in [0.2, 0.25) is 0 Å². The summed E-state index contributed by atoms with van der Waals surface area (Å²) in [6.07, 6.45) is 2.95. The van der Waals surface area contributed by atoms with Crippen molar-refractivity contribution < 1.29 is 4.39 Å². The monoisotopic (exact) mass is 259 g/mol. The van der Waals surface area contributed by atoms with E-state index >= 15 is 0 Å². The normalized spacial score (nSPS) is 14.4. The van der Waals surface area contributed by atoms with Gasteiger partial charge < -0.3 is 10.3 Å². The average molecular weight is 259 g/mol. The molecule has 5 heteroatoms. The first-order valence-corrected chi connectivity index (χ1v) is 6.37. The van der Waals surface area contributed by atoms with E-state index in [1.165, 1.54) is 12.1 Å². The SMILES string of the molecule is O=c1nc2c(c(-c3ccc(F)cc3)[nH]1)CCCCN2. The van der Waals surface area contributed by atoms with E-state index in [9.17, 15) is 9.18 Å². The predicted molar refractivity (Wildman–Crippen MR) is 71.7 cm³/mol. The Morgan fingerprint density at radius 2 is 1.95 bits per heavy atom. The van der Waals surface area contributed by atoms with Gasteiger partial charge in [-0.2, -0.15) is 4.98 Å². The molecule has 0 atom stereocenters. The van der Waals surface area contributed by atoms with Gasteiger partial charge in [0, 0.05) is 12.1 Å². The summed E-state index contributed by atoms with van der Waals surface area (Å²) in [6.45, 7) is 0.826. The van der Waals surface area contributed by atoms with Crippen LogP contribution in [0.15, 0.2) is 29.1 Å². The number of nitrogens with one attached hydrogen (secondary N) is 2. The zero-order chi connectivity index (χ0) is 13.2. The average Bonchev–Trinajstić information content (AvgIpc) is 2.64. The van der Waals surface area contributed by atoms with Gasteiger partial charge >= 0.3 is 5.69 Å². The first-order valence-electron chi connectivity index (χ1n) is 6.37. The number of aromatic amines is 1. The zero-order valence-electron chi connectivity index (χ0n) is 10.4. The number of benzene rings is 1. The minimum atomic E-state index is -0.382. The van der Waals surface area contributed by atoms with Crippen LogP contribution in [0.5, 0.6) is 0 Å². The summed E-state index contributed by atoms with van der Waals surface area (Å²) in [5.74, 6) is 0.366. The first-order chi connectivity index (χ1) is 9.24. The molecule has 2 heterocycles. The number of H-pyrrole nitrogens is 1. The van der Waals surface area contributed by atoms with Crippen molar-refractivity contribution in [1.82, 2.24) is 9.97 Å².